The molecule has 4 rings (SSSR count). The van der Waals surface area contributed by atoms with Crippen LogP contribution in [0.1, 0.15) is 33.3 Å². The number of rotatable bonds is 7. The van der Waals surface area contributed by atoms with Crippen molar-refractivity contribution in [3.8, 4) is 11.1 Å². The van der Waals surface area contributed by atoms with Crippen LogP contribution in [-0.4, -0.2) is 41.2 Å². The molecule has 0 spiro atoms. The fourth-order valence-corrected chi connectivity index (χ4v) is 3.61. The van der Waals surface area contributed by atoms with Crippen LogP contribution in [0.2, 0.25) is 0 Å². The number of fused-ring (bicyclic) bond motifs is 3. The standard InChI is InChI=1S/C22H19N3O6/c26-19(23-9-18-20(21(27)28)25-12-31-18)10-24-22(29)30-11-17-15-7-3-1-5-13(15)14-6-2-4-8-16(14)17/h1-8,12,17H,9-11H2,(H,23,26)(H,24,29)(H,27,28). The number of nitrogens with one attached hydrogen (secondary N) is 2. The van der Waals surface area contributed by atoms with Gasteiger partial charge in [0.1, 0.15) is 13.2 Å². The van der Waals surface area contributed by atoms with Crippen LogP contribution < -0.4 is 10.6 Å². The SMILES string of the molecule is O=C(CNC(=O)OCC1c2ccccc2-c2ccccc21)NCc1ocnc1C(=O)O. The van der Waals surface area contributed by atoms with E-state index in [1.54, 1.807) is 0 Å². The summed E-state index contributed by atoms with van der Waals surface area (Å²) in [7, 11) is 0. The summed E-state index contributed by atoms with van der Waals surface area (Å²) in [5.74, 6) is -1.84. The Morgan fingerprint density at radius 2 is 1.65 bits per heavy atom. The molecule has 0 bridgehead atoms. The summed E-state index contributed by atoms with van der Waals surface area (Å²) >= 11 is 0. The van der Waals surface area contributed by atoms with Gasteiger partial charge in [0, 0.05) is 5.92 Å². The van der Waals surface area contributed by atoms with E-state index in [9.17, 15) is 14.4 Å². The lowest BCUT2D eigenvalue weighted by Crippen LogP contribution is -2.37. The number of aromatic nitrogens is 1. The Balaban J connectivity index is 1.28. The molecule has 0 saturated heterocycles. The normalized spacial score (nSPS) is 12.0. The van der Waals surface area contributed by atoms with Gasteiger partial charge in [-0.1, -0.05) is 48.5 Å². The van der Waals surface area contributed by atoms with Crippen molar-refractivity contribution in [1.82, 2.24) is 15.6 Å². The van der Waals surface area contributed by atoms with Gasteiger partial charge in [0.25, 0.3) is 0 Å². The Morgan fingerprint density at radius 1 is 1.00 bits per heavy atom. The highest BCUT2D eigenvalue weighted by Crippen LogP contribution is 2.44. The Kier molecular flexibility index (Phi) is 5.65. The molecule has 3 aromatic rings. The first-order valence-electron chi connectivity index (χ1n) is 9.55. The molecule has 0 aliphatic heterocycles. The van der Waals surface area contributed by atoms with Gasteiger partial charge in [-0.25, -0.2) is 14.6 Å². The molecule has 0 saturated carbocycles. The first-order chi connectivity index (χ1) is 15.0. The van der Waals surface area contributed by atoms with Crippen molar-refractivity contribution in [2.75, 3.05) is 13.2 Å². The Hall–Kier alpha value is -4.14. The smallest absolute Gasteiger partial charge is 0.407 e. The molecule has 31 heavy (non-hydrogen) atoms. The van der Waals surface area contributed by atoms with Crippen LogP contribution in [0.15, 0.2) is 59.3 Å². The maximum Gasteiger partial charge on any atom is 0.407 e. The number of carbonyl (C=O) groups is 3. The first-order valence-corrected chi connectivity index (χ1v) is 9.55. The molecule has 0 radical (unpaired) electrons. The van der Waals surface area contributed by atoms with Crippen LogP contribution in [0, 0.1) is 0 Å². The minimum Gasteiger partial charge on any atom is -0.476 e. The number of alkyl carbamates (subject to hydrolysis) is 1. The summed E-state index contributed by atoms with van der Waals surface area (Å²) in [5, 5.41) is 13.8. The van der Waals surface area contributed by atoms with Gasteiger partial charge >= 0.3 is 12.1 Å². The molecule has 1 aromatic heterocycles. The van der Waals surface area contributed by atoms with E-state index in [0.29, 0.717) is 0 Å². The molecule has 1 aliphatic carbocycles. The van der Waals surface area contributed by atoms with Crippen LogP contribution in [0.3, 0.4) is 0 Å². The van der Waals surface area contributed by atoms with E-state index in [2.05, 4.69) is 15.6 Å². The van der Waals surface area contributed by atoms with Gasteiger partial charge in [-0.2, -0.15) is 0 Å². The van der Waals surface area contributed by atoms with E-state index in [1.165, 1.54) is 0 Å². The predicted octanol–water partition coefficient (Wildman–Crippen LogP) is 2.53. The summed E-state index contributed by atoms with van der Waals surface area (Å²) in [6.45, 7) is -0.346. The molecule has 0 unspecified atom stereocenters. The third kappa shape index (κ3) is 4.25. The second kappa shape index (κ2) is 8.70. The van der Waals surface area contributed by atoms with E-state index >= 15 is 0 Å². The number of ether oxygens (including phenoxy) is 1. The third-order valence-corrected chi connectivity index (χ3v) is 5.03. The van der Waals surface area contributed by atoms with Crippen molar-refractivity contribution < 1.29 is 28.6 Å². The number of hydrogen-bond donors (Lipinski definition) is 3. The van der Waals surface area contributed by atoms with Crippen molar-refractivity contribution in [3.63, 3.8) is 0 Å². The fourth-order valence-electron chi connectivity index (χ4n) is 3.61. The predicted molar refractivity (Wildman–Crippen MR) is 108 cm³/mol. The molecule has 158 valence electrons. The number of aromatic carboxylic acids is 1. The largest absolute Gasteiger partial charge is 0.476 e. The topological polar surface area (TPSA) is 131 Å². The Bertz CT molecular complexity index is 1090. The summed E-state index contributed by atoms with van der Waals surface area (Å²) in [4.78, 5) is 38.5. The first kappa shape index (κ1) is 20.1. The highest BCUT2D eigenvalue weighted by molar-refractivity contribution is 5.87. The average Bonchev–Trinajstić information content (AvgIpc) is 3.38. The highest BCUT2D eigenvalue weighted by atomic mass is 16.5. The number of benzene rings is 2. The monoisotopic (exact) mass is 421 g/mol. The van der Waals surface area contributed by atoms with Gasteiger partial charge in [-0.15, -0.1) is 0 Å². The van der Waals surface area contributed by atoms with E-state index in [0.717, 1.165) is 28.6 Å². The summed E-state index contributed by atoms with van der Waals surface area (Å²) in [6.07, 6.45) is 0.266. The number of nitrogens with zero attached hydrogens (tertiary/aromatic N) is 1. The summed E-state index contributed by atoms with van der Waals surface area (Å²) < 4.78 is 10.3. The Labute approximate surface area is 177 Å². The second-order valence-electron chi connectivity index (χ2n) is 6.89. The van der Waals surface area contributed by atoms with Crippen LogP contribution in [0.5, 0.6) is 0 Å². The zero-order valence-corrected chi connectivity index (χ0v) is 16.3. The third-order valence-electron chi connectivity index (χ3n) is 5.03. The molecule has 0 atom stereocenters. The lowest BCUT2D eigenvalue weighted by molar-refractivity contribution is -0.120. The number of oxazole rings is 1. The van der Waals surface area contributed by atoms with Crippen molar-refractivity contribution in [2.45, 2.75) is 12.5 Å². The van der Waals surface area contributed by atoms with Gasteiger partial charge in [0.2, 0.25) is 5.91 Å². The summed E-state index contributed by atoms with van der Waals surface area (Å²) in [6, 6.07) is 16.0. The molecule has 9 nitrogen and oxygen atoms in total. The van der Waals surface area contributed by atoms with Gasteiger partial charge in [0.05, 0.1) is 6.54 Å². The Morgan fingerprint density at radius 3 is 2.29 bits per heavy atom. The number of carboxylic acid groups (broad SMARTS) is 1. The number of amides is 2. The van der Waals surface area contributed by atoms with Gasteiger partial charge in [-0.3, -0.25) is 4.79 Å². The van der Waals surface area contributed by atoms with Gasteiger partial charge in [-0.05, 0) is 22.3 Å². The van der Waals surface area contributed by atoms with Crippen molar-refractivity contribution in [3.05, 3.63) is 77.5 Å². The van der Waals surface area contributed by atoms with E-state index in [4.69, 9.17) is 14.3 Å². The van der Waals surface area contributed by atoms with Crippen LogP contribution in [-0.2, 0) is 16.1 Å². The van der Waals surface area contributed by atoms with Crippen molar-refractivity contribution in [2.24, 2.45) is 0 Å². The molecular weight excluding hydrogens is 402 g/mol. The fraction of sp³-hybridized carbons (Fsp3) is 0.182. The number of hydrogen-bond acceptors (Lipinski definition) is 6. The number of carboxylic acids is 1. The number of carbonyl (C=O) groups excluding carboxylic acids is 2. The van der Waals surface area contributed by atoms with Crippen LogP contribution in [0.4, 0.5) is 4.79 Å². The maximum atomic E-state index is 12.1. The minimum atomic E-state index is -1.25. The van der Waals surface area contributed by atoms with Crippen molar-refractivity contribution in [1.29, 1.82) is 0 Å². The lowest BCUT2D eigenvalue weighted by Gasteiger charge is -2.14. The minimum absolute atomic E-state index is 0.0157. The van der Waals surface area contributed by atoms with E-state index in [-0.39, 0.29) is 37.1 Å². The molecule has 2 aromatic carbocycles. The molecule has 2 amide bonds. The van der Waals surface area contributed by atoms with Crippen LogP contribution in [0.25, 0.3) is 11.1 Å². The van der Waals surface area contributed by atoms with Gasteiger partial charge in [0.15, 0.2) is 17.8 Å². The average molecular weight is 421 g/mol. The van der Waals surface area contributed by atoms with Gasteiger partial charge < -0.3 is 24.9 Å². The maximum absolute atomic E-state index is 12.1. The van der Waals surface area contributed by atoms with E-state index < -0.39 is 18.0 Å². The zero-order valence-electron chi connectivity index (χ0n) is 16.3. The molecule has 3 N–H and O–H groups in total. The van der Waals surface area contributed by atoms with Crippen LogP contribution >= 0.6 is 0 Å². The van der Waals surface area contributed by atoms with E-state index in [1.807, 2.05) is 48.5 Å². The molecule has 0 fully saturated rings. The molecular formula is C22H19N3O6. The summed E-state index contributed by atoms with van der Waals surface area (Å²) in [5.41, 5.74) is 4.16. The van der Waals surface area contributed by atoms with Crippen molar-refractivity contribution >= 4 is 18.0 Å². The quantitative estimate of drug-likeness (QED) is 0.534. The molecule has 1 heterocycles. The lowest BCUT2D eigenvalue weighted by atomic mass is 9.98. The molecule has 1 aliphatic rings. The molecule has 9 heteroatoms. The zero-order chi connectivity index (χ0) is 21.8. The highest BCUT2D eigenvalue weighted by Gasteiger charge is 2.29. The second-order valence-corrected chi connectivity index (χ2v) is 6.89.